The number of methoxy groups -OCH3 is 1. The molecule has 0 atom stereocenters. The van der Waals surface area contributed by atoms with Crippen molar-refractivity contribution in [1.29, 1.82) is 0 Å². The number of benzene rings is 2. The van der Waals surface area contributed by atoms with E-state index in [1.54, 1.807) is 18.2 Å². The average molecular weight is 390 g/mol. The fourth-order valence-corrected chi connectivity index (χ4v) is 2.90. The third-order valence-corrected chi connectivity index (χ3v) is 4.40. The molecular weight excluding hydrogens is 376 g/mol. The van der Waals surface area contributed by atoms with Crippen molar-refractivity contribution in [1.82, 2.24) is 4.98 Å². The minimum atomic E-state index is -1.17. The zero-order valence-corrected chi connectivity index (χ0v) is 14.9. The molecule has 1 aromatic heterocycles. The molecule has 3 aromatic rings. The number of carboxylic acids is 1. The van der Waals surface area contributed by atoms with E-state index in [0.29, 0.717) is 16.3 Å². The molecule has 3 rings (SSSR count). The lowest BCUT2D eigenvalue weighted by Crippen LogP contribution is -2.07. The van der Waals surface area contributed by atoms with Crippen LogP contribution < -0.4 is 4.74 Å². The standard InChI is InChI=1S/C20H14ClF2NO3/c1-27-12-6-5-11(15(21)10-12)9-18-14(20(25)26)7-8-17(24-18)13-3-2-4-16(22)19(13)23/h2-8,10H,9H2,1H3,(H,25,26). The lowest BCUT2D eigenvalue weighted by atomic mass is 10.0. The van der Waals surface area contributed by atoms with E-state index in [1.165, 1.54) is 31.4 Å². The highest BCUT2D eigenvalue weighted by molar-refractivity contribution is 6.31. The molecule has 0 fully saturated rings. The van der Waals surface area contributed by atoms with E-state index in [1.807, 2.05) is 0 Å². The van der Waals surface area contributed by atoms with Crippen LogP contribution in [0.25, 0.3) is 11.3 Å². The number of rotatable bonds is 5. The van der Waals surface area contributed by atoms with Crippen molar-refractivity contribution in [3.05, 3.63) is 82.0 Å². The Morgan fingerprint density at radius 2 is 1.96 bits per heavy atom. The number of carbonyl (C=O) groups is 1. The summed E-state index contributed by atoms with van der Waals surface area (Å²) in [6.07, 6.45) is 0.106. The second-order valence-corrected chi connectivity index (χ2v) is 6.14. The molecular formula is C20H14ClF2NO3. The van der Waals surface area contributed by atoms with Gasteiger partial charge in [0.2, 0.25) is 0 Å². The van der Waals surface area contributed by atoms with E-state index in [2.05, 4.69) is 4.98 Å². The zero-order chi connectivity index (χ0) is 19.6. The first-order chi connectivity index (χ1) is 12.9. The van der Waals surface area contributed by atoms with Gasteiger partial charge in [0.1, 0.15) is 5.75 Å². The quantitative estimate of drug-likeness (QED) is 0.668. The first-order valence-corrected chi connectivity index (χ1v) is 8.28. The number of hydrogen-bond donors (Lipinski definition) is 1. The SMILES string of the molecule is COc1ccc(Cc2nc(-c3cccc(F)c3F)ccc2C(=O)O)c(Cl)c1. The van der Waals surface area contributed by atoms with E-state index in [0.717, 1.165) is 6.07 Å². The van der Waals surface area contributed by atoms with E-state index in [4.69, 9.17) is 16.3 Å². The number of halogens is 3. The molecule has 27 heavy (non-hydrogen) atoms. The van der Waals surface area contributed by atoms with Gasteiger partial charge in [-0.25, -0.2) is 13.6 Å². The third kappa shape index (κ3) is 3.90. The number of aromatic nitrogens is 1. The molecule has 0 aliphatic carbocycles. The molecule has 0 aliphatic rings. The molecule has 0 bridgehead atoms. The highest BCUT2D eigenvalue weighted by Gasteiger charge is 2.17. The van der Waals surface area contributed by atoms with Gasteiger partial charge in [0.25, 0.3) is 0 Å². The van der Waals surface area contributed by atoms with Crippen LogP contribution in [0.15, 0.2) is 48.5 Å². The van der Waals surface area contributed by atoms with Crippen LogP contribution in [-0.2, 0) is 6.42 Å². The molecule has 0 saturated carbocycles. The van der Waals surface area contributed by atoms with Crippen molar-refractivity contribution in [2.45, 2.75) is 6.42 Å². The number of carboxylic acid groups (broad SMARTS) is 1. The zero-order valence-electron chi connectivity index (χ0n) is 14.2. The molecule has 7 heteroatoms. The Labute approximate surface area is 159 Å². The summed E-state index contributed by atoms with van der Waals surface area (Å²) in [4.78, 5) is 15.8. The highest BCUT2D eigenvalue weighted by Crippen LogP contribution is 2.28. The van der Waals surface area contributed by atoms with Crippen LogP contribution in [0.3, 0.4) is 0 Å². The van der Waals surface area contributed by atoms with Crippen LogP contribution >= 0.6 is 11.6 Å². The molecule has 0 unspecified atom stereocenters. The first kappa shape index (κ1) is 18.8. The largest absolute Gasteiger partial charge is 0.497 e. The lowest BCUT2D eigenvalue weighted by Gasteiger charge is -2.11. The molecule has 4 nitrogen and oxygen atoms in total. The average Bonchev–Trinajstić information content (AvgIpc) is 2.65. The maximum Gasteiger partial charge on any atom is 0.337 e. The third-order valence-electron chi connectivity index (χ3n) is 4.05. The van der Waals surface area contributed by atoms with E-state index in [-0.39, 0.29) is 28.9 Å². The van der Waals surface area contributed by atoms with Crippen molar-refractivity contribution < 1.29 is 23.4 Å². The van der Waals surface area contributed by atoms with Crippen molar-refractivity contribution in [2.75, 3.05) is 7.11 Å². The van der Waals surface area contributed by atoms with Crippen LogP contribution in [0, 0.1) is 11.6 Å². The predicted octanol–water partition coefficient (Wildman–Crippen LogP) is 4.98. The Morgan fingerprint density at radius 1 is 1.19 bits per heavy atom. The van der Waals surface area contributed by atoms with Crippen LogP contribution in [0.5, 0.6) is 5.75 Å². The Kier molecular flexibility index (Phi) is 5.37. The van der Waals surface area contributed by atoms with Gasteiger partial charge in [-0.2, -0.15) is 0 Å². The van der Waals surface area contributed by atoms with Gasteiger partial charge < -0.3 is 9.84 Å². The van der Waals surface area contributed by atoms with Gasteiger partial charge >= 0.3 is 5.97 Å². The van der Waals surface area contributed by atoms with E-state index in [9.17, 15) is 18.7 Å². The van der Waals surface area contributed by atoms with Gasteiger partial charge in [0.15, 0.2) is 11.6 Å². The van der Waals surface area contributed by atoms with Gasteiger partial charge in [0, 0.05) is 17.0 Å². The minimum absolute atomic E-state index is 0.0394. The molecule has 0 radical (unpaired) electrons. The Hall–Kier alpha value is -2.99. The van der Waals surface area contributed by atoms with Crippen molar-refractivity contribution in [3.63, 3.8) is 0 Å². The van der Waals surface area contributed by atoms with Crippen molar-refractivity contribution in [2.24, 2.45) is 0 Å². The first-order valence-electron chi connectivity index (χ1n) is 7.90. The molecule has 1 heterocycles. The molecule has 0 spiro atoms. The summed E-state index contributed by atoms with van der Waals surface area (Å²) >= 11 is 6.23. The topological polar surface area (TPSA) is 59.4 Å². The number of aromatic carboxylic acids is 1. The van der Waals surface area contributed by atoms with Gasteiger partial charge in [-0.15, -0.1) is 0 Å². The van der Waals surface area contributed by atoms with Crippen molar-refractivity contribution in [3.8, 4) is 17.0 Å². The Bertz CT molecular complexity index is 1020. The van der Waals surface area contributed by atoms with Crippen LogP contribution in [0.2, 0.25) is 5.02 Å². The van der Waals surface area contributed by atoms with Gasteiger partial charge in [-0.05, 0) is 42.0 Å². The van der Waals surface area contributed by atoms with Gasteiger partial charge in [0.05, 0.1) is 24.1 Å². The smallest absolute Gasteiger partial charge is 0.337 e. The summed E-state index contributed by atoms with van der Waals surface area (Å²) < 4.78 is 32.7. The highest BCUT2D eigenvalue weighted by atomic mass is 35.5. The summed E-state index contributed by atoms with van der Waals surface area (Å²) in [7, 11) is 1.51. The second kappa shape index (κ2) is 7.72. The normalized spacial score (nSPS) is 10.7. The molecule has 1 N–H and O–H groups in total. The summed E-state index contributed by atoms with van der Waals surface area (Å²) in [5.74, 6) is -2.66. The fraction of sp³-hybridized carbons (Fsp3) is 0.100. The Morgan fingerprint density at radius 3 is 2.63 bits per heavy atom. The Balaban J connectivity index is 2.08. The van der Waals surface area contributed by atoms with Gasteiger partial charge in [-0.1, -0.05) is 23.7 Å². The molecule has 138 valence electrons. The number of ether oxygens (including phenoxy) is 1. The van der Waals surface area contributed by atoms with Crippen molar-refractivity contribution >= 4 is 17.6 Å². The van der Waals surface area contributed by atoms with Crippen LogP contribution in [-0.4, -0.2) is 23.2 Å². The monoisotopic (exact) mass is 389 g/mol. The summed E-state index contributed by atoms with van der Waals surface area (Å²) in [6.45, 7) is 0. The van der Waals surface area contributed by atoms with Gasteiger partial charge in [-0.3, -0.25) is 4.98 Å². The lowest BCUT2D eigenvalue weighted by molar-refractivity contribution is 0.0695. The maximum atomic E-state index is 14.1. The second-order valence-electron chi connectivity index (χ2n) is 5.73. The molecule has 0 aliphatic heterocycles. The summed E-state index contributed by atoms with van der Waals surface area (Å²) in [5, 5.41) is 9.81. The predicted molar refractivity (Wildman–Crippen MR) is 97.4 cm³/mol. The number of nitrogens with zero attached hydrogens (tertiary/aromatic N) is 1. The van der Waals surface area contributed by atoms with E-state index >= 15 is 0 Å². The molecule has 0 saturated heterocycles. The molecule has 2 aromatic carbocycles. The fourth-order valence-electron chi connectivity index (χ4n) is 2.66. The maximum absolute atomic E-state index is 14.1. The summed E-state index contributed by atoms with van der Waals surface area (Å²) in [6, 6.07) is 11.4. The van der Waals surface area contributed by atoms with Crippen LogP contribution in [0.4, 0.5) is 8.78 Å². The summed E-state index contributed by atoms with van der Waals surface area (Å²) in [5.41, 5.74) is 0.869. The number of pyridine rings is 1. The number of hydrogen-bond acceptors (Lipinski definition) is 3. The minimum Gasteiger partial charge on any atom is -0.497 e. The van der Waals surface area contributed by atoms with E-state index < -0.39 is 17.6 Å². The van der Waals surface area contributed by atoms with Crippen LogP contribution in [0.1, 0.15) is 21.6 Å². The molecule has 0 amide bonds.